The van der Waals surface area contributed by atoms with Gasteiger partial charge in [0.1, 0.15) is 0 Å². The van der Waals surface area contributed by atoms with Crippen LogP contribution in [0.15, 0.2) is 12.5 Å². The first-order valence-corrected chi connectivity index (χ1v) is 7.32. The Morgan fingerprint density at radius 2 is 2.06 bits per heavy atom. The van der Waals surface area contributed by atoms with Crippen molar-refractivity contribution in [2.75, 3.05) is 32.7 Å². The lowest BCUT2D eigenvalue weighted by molar-refractivity contribution is 0.322. The quantitative estimate of drug-likeness (QED) is 0.710. The van der Waals surface area contributed by atoms with E-state index >= 15 is 0 Å². The number of rotatable bonds is 8. The summed E-state index contributed by atoms with van der Waals surface area (Å²) in [6.07, 6.45) is 9.16. The zero-order chi connectivity index (χ0) is 12.6. The number of nitrogens with one attached hydrogen (secondary N) is 1. The van der Waals surface area contributed by atoms with E-state index in [0.717, 1.165) is 26.1 Å². The number of hydrogen-bond donors (Lipinski definition) is 1. The Kier molecular flexibility index (Phi) is 5.68. The Balaban J connectivity index is 1.65. The molecule has 0 saturated carbocycles. The van der Waals surface area contributed by atoms with Gasteiger partial charge in [0.05, 0.1) is 12.0 Å². The fourth-order valence-corrected chi connectivity index (χ4v) is 2.44. The van der Waals surface area contributed by atoms with E-state index in [1.165, 1.54) is 44.6 Å². The molecule has 2 heterocycles. The molecule has 1 N–H and O–H groups in total. The minimum atomic E-state index is 1.04. The van der Waals surface area contributed by atoms with Crippen molar-refractivity contribution in [3.8, 4) is 0 Å². The zero-order valence-corrected chi connectivity index (χ0v) is 11.6. The number of imidazole rings is 1. The molecule has 1 aromatic heterocycles. The smallest absolute Gasteiger partial charge is 0.0949 e. The van der Waals surface area contributed by atoms with E-state index in [4.69, 9.17) is 0 Å². The second-order valence-electron chi connectivity index (χ2n) is 5.15. The normalized spacial score (nSPS) is 16.5. The molecule has 0 amide bonds. The first-order chi connectivity index (χ1) is 8.88. The van der Waals surface area contributed by atoms with Crippen LogP contribution in [-0.4, -0.2) is 47.2 Å². The Labute approximate surface area is 110 Å². The van der Waals surface area contributed by atoms with Gasteiger partial charge in [0.25, 0.3) is 0 Å². The fourth-order valence-electron chi connectivity index (χ4n) is 2.44. The van der Waals surface area contributed by atoms with Gasteiger partial charge in [0.2, 0.25) is 0 Å². The van der Waals surface area contributed by atoms with E-state index in [2.05, 4.69) is 32.9 Å². The maximum Gasteiger partial charge on any atom is 0.0949 e. The molecular weight excluding hydrogens is 224 g/mol. The number of likely N-dealkylation sites (tertiary alicyclic amines) is 1. The van der Waals surface area contributed by atoms with E-state index in [1.54, 1.807) is 0 Å². The van der Waals surface area contributed by atoms with Crippen LogP contribution in [0.25, 0.3) is 0 Å². The highest BCUT2D eigenvalue weighted by Gasteiger charge is 2.10. The Bertz CT molecular complexity index is 328. The third-order valence-electron chi connectivity index (χ3n) is 3.54. The van der Waals surface area contributed by atoms with Gasteiger partial charge in [0.15, 0.2) is 0 Å². The predicted molar refractivity (Wildman–Crippen MR) is 74.8 cm³/mol. The van der Waals surface area contributed by atoms with Gasteiger partial charge in [-0.2, -0.15) is 0 Å². The molecule has 0 radical (unpaired) electrons. The van der Waals surface area contributed by atoms with Crippen LogP contribution in [0.3, 0.4) is 0 Å². The van der Waals surface area contributed by atoms with Crippen molar-refractivity contribution >= 4 is 0 Å². The molecular formula is C14H26N4. The highest BCUT2D eigenvalue weighted by atomic mass is 15.2. The third kappa shape index (κ3) is 4.42. The minimum Gasteiger partial charge on any atom is -0.336 e. The van der Waals surface area contributed by atoms with Crippen LogP contribution in [0.1, 0.15) is 31.9 Å². The summed E-state index contributed by atoms with van der Waals surface area (Å²) in [6.45, 7) is 9.15. The second kappa shape index (κ2) is 7.54. The summed E-state index contributed by atoms with van der Waals surface area (Å²) in [4.78, 5) is 7.01. The van der Waals surface area contributed by atoms with Gasteiger partial charge in [-0.05, 0) is 38.9 Å². The Morgan fingerprint density at radius 3 is 2.83 bits per heavy atom. The maximum absolute atomic E-state index is 4.46. The zero-order valence-electron chi connectivity index (χ0n) is 11.6. The Hall–Kier alpha value is -0.870. The molecule has 0 unspecified atom stereocenters. The molecule has 2 rings (SSSR count). The number of hydrogen-bond acceptors (Lipinski definition) is 3. The van der Waals surface area contributed by atoms with E-state index in [0.29, 0.717) is 0 Å². The van der Waals surface area contributed by atoms with Crippen molar-refractivity contribution < 1.29 is 0 Å². The van der Waals surface area contributed by atoms with Crippen molar-refractivity contribution in [3.05, 3.63) is 18.2 Å². The second-order valence-corrected chi connectivity index (χ2v) is 5.15. The number of nitrogens with zero attached hydrogens (tertiary/aromatic N) is 3. The first kappa shape index (κ1) is 13.6. The van der Waals surface area contributed by atoms with Crippen LogP contribution in [0.4, 0.5) is 0 Å². The summed E-state index contributed by atoms with van der Waals surface area (Å²) >= 11 is 0. The summed E-state index contributed by atoms with van der Waals surface area (Å²) in [7, 11) is 0. The molecule has 0 aromatic carbocycles. The molecule has 0 atom stereocenters. The lowest BCUT2D eigenvalue weighted by Gasteiger charge is -2.14. The molecule has 1 saturated heterocycles. The molecule has 0 aliphatic carbocycles. The van der Waals surface area contributed by atoms with Gasteiger partial charge in [0, 0.05) is 32.3 Å². The van der Waals surface area contributed by atoms with Crippen LogP contribution in [-0.2, 0) is 13.0 Å². The molecule has 0 spiro atoms. The summed E-state index contributed by atoms with van der Waals surface area (Å²) in [6, 6.07) is 0. The standard InChI is InChI=1S/C14H26N4/c1-2-6-15-7-5-14-12-18(13-16-14)11-10-17-8-3-4-9-17/h12-13,15H,2-11H2,1H3. The minimum absolute atomic E-state index is 1.04. The molecule has 0 bridgehead atoms. The monoisotopic (exact) mass is 250 g/mol. The van der Waals surface area contributed by atoms with Crippen molar-refractivity contribution in [1.29, 1.82) is 0 Å². The van der Waals surface area contributed by atoms with Crippen molar-refractivity contribution in [3.63, 3.8) is 0 Å². The van der Waals surface area contributed by atoms with Gasteiger partial charge in [-0.3, -0.25) is 0 Å². The molecule has 1 aliphatic rings. The predicted octanol–water partition coefficient (Wildman–Crippen LogP) is 1.52. The van der Waals surface area contributed by atoms with Crippen LogP contribution in [0, 0.1) is 0 Å². The third-order valence-corrected chi connectivity index (χ3v) is 3.54. The van der Waals surface area contributed by atoms with Gasteiger partial charge in [-0.1, -0.05) is 6.92 Å². The fraction of sp³-hybridized carbons (Fsp3) is 0.786. The molecule has 1 aliphatic heterocycles. The summed E-state index contributed by atoms with van der Waals surface area (Å²) in [5.74, 6) is 0. The number of aromatic nitrogens is 2. The van der Waals surface area contributed by atoms with Crippen LogP contribution >= 0.6 is 0 Å². The summed E-state index contributed by atoms with van der Waals surface area (Å²) < 4.78 is 2.23. The van der Waals surface area contributed by atoms with Crippen LogP contribution < -0.4 is 5.32 Å². The molecule has 4 nitrogen and oxygen atoms in total. The van der Waals surface area contributed by atoms with E-state index in [1.807, 2.05) is 6.33 Å². The van der Waals surface area contributed by atoms with Gasteiger partial charge >= 0.3 is 0 Å². The van der Waals surface area contributed by atoms with E-state index in [9.17, 15) is 0 Å². The van der Waals surface area contributed by atoms with Crippen LogP contribution in [0.2, 0.25) is 0 Å². The molecule has 18 heavy (non-hydrogen) atoms. The van der Waals surface area contributed by atoms with Crippen molar-refractivity contribution in [2.24, 2.45) is 0 Å². The molecule has 1 aromatic rings. The largest absolute Gasteiger partial charge is 0.336 e. The average molecular weight is 250 g/mol. The lowest BCUT2D eigenvalue weighted by atomic mass is 10.3. The van der Waals surface area contributed by atoms with Crippen molar-refractivity contribution in [1.82, 2.24) is 19.8 Å². The first-order valence-electron chi connectivity index (χ1n) is 7.32. The Morgan fingerprint density at radius 1 is 1.22 bits per heavy atom. The summed E-state index contributed by atoms with van der Waals surface area (Å²) in [5, 5.41) is 3.41. The van der Waals surface area contributed by atoms with E-state index in [-0.39, 0.29) is 0 Å². The molecule has 1 fully saturated rings. The van der Waals surface area contributed by atoms with Gasteiger partial charge < -0.3 is 14.8 Å². The highest BCUT2D eigenvalue weighted by molar-refractivity contribution is 4.97. The highest BCUT2D eigenvalue weighted by Crippen LogP contribution is 2.07. The maximum atomic E-state index is 4.46. The van der Waals surface area contributed by atoms with Gasteiger partial charge in [-0.15, -0.1) is 0 Å². The lowest BCUT2D eigenvalue weighted by Crippen LogP contribution is -2.23. The van der Waals surface area contributed by atoms with Crippen LogP contribution in [0.5, 0.6) is 0 Å². The molecule has 102 valence electrons. The summed E-state index contributed by atoms with van der Waals surface area (Å²) in [5.41, 5.74) is 1.21. The van der Waals surface area contributed by atoms with Crippen molar-refractivity contribution in [2.45, 2.75) is 39.2 Å². The SMILES string of the molecule is CCCNCCc1cn(CCN2CCCC2)cn1. The van der Waals surface area contributed by atoms with E-state index < -0.39 is 0 Å². The average Bonchev–Trinajstić information content (AvgIpc) is 3.03. The topological polar surface area (TPSA) is 33.1 Å². The van der Waals surface area contributed by atoms with Gasteiger partial charge in [-0.25, -0.2) is 4.98 Å². The molecule has 4 heteroatoms.